The molecule has 2 fully saturated rings. The maximum absolute atomic E-state index is 11.9. The number of hydrogen-bond acceptors (Lipinski definition) is 3. The van der Waals surface area contributed by atoms with Crippen LogP contribution < -0.4 is 10.6 Å². The first-order valence-electron chi connectivity index (χ1n) is 8.40. The quantitative estimate of drug-likeness (QED) is 0.393. The molecule has 0 aromatic carbocycles. The van der Waals surface area contributed by atoms with Crippen molar-refractivity contribution < 1.29 is 4.79 Å². The molecule has 2 aliphatic rings. The number of halogens is 1. The van der Waals surface area contributed by atoms with Gasteiger partial charge in [0, 0.05) is 39.8 Å². The van der Waals surface area contributed by atoms with Crippen LogP contribution in [0.4, 0.5) is 0 Å². The van der Waals surface area contributed by atoms with Gasteiger partial charge in [-0.25, -0.2) is 0 Å². The van der Waals surface area contributed by atoms with E-state index in [9.17, 15) is 4.79 Å². The molecule has 0 spiro atoms. The van der Waals surface area contributed by atoms with Crippen molar-refractivity contribution in [1.82, 2.24) is 20.4 Å². The van der Waals surface area contributed by atoms with Gasteiger partial charge in [-0.05, 0) is 46.2 Å². The summed E-state index contributed by atoms with van der Waals surface area (Å²) in [5.41, 5.74) is -0.446. The maximum atomic E-state index is 11.9. The van der Waals surface area contributed by atoms with Crippen LogP contribution in [0, 0.1) is 5.41 Å². The molecule has 0 aromatic heterocycles. The topological polar surface area (TPSA) is 60.0 Å². The lowest BCUT2D eigenvalue weighted by Crippen LogP contribution is -2.48. The van der Waals surface area contributed by atoms with E-state index in [1.807, 2.05) is 20.9 Å². The summed E-state index contributed by atoms with van der Waals surface area (Å²) < 4.78 is 0. The SMILES string of the molecule is CN=C(NCC(C)(C)C(=O)NC)N1CCC(N2CCCC2)C1.I. The molecule has 2 saturated heterocycles. The van der Waals surface area contributed by atoms with Crippen LogP contribution in [-0.2, 0) is 4.79 Å². The summed E-state index contributed by atoms with van der Waals surface area (Å²) in [4.78, 5) is 21.2. The Hall–Kier alpha value is -0.570. The monoisotopic (exact) mass is 437 g/mol. The molecule has 0 aromatic rings. The molecule has 0 aliphatic carbocycles. The number of nitrogens with zero attached hydrogens (tertiary/aromatic N) is 3. The summed E-state index contributed by atoms with van der Waals surface area (Å²) in [6.07, 6.45) is 3.88. The Morgan fingerprint density at radius 2 is 1.91 bits per heavy atom. The Morgan fingerprint density at radius 1 is 1.26 bits per heavy atom. The lowest BCUT2D eigenvalue weighted by atomic mass is 9.92. The minimum absolute atomic E-state index is 0. The number of aliphatic imine (C=N–C) groups is 1. The van der Waals surface area contributed by atoms with Crippen molar-refractivity contribution in [2.45, 2.75) is 39.2 Å². The van der Waals surface area contributed by atoms with Crippen molar-refractivity contribution in [1.29, 1.82) is 0 Å². The van der Waals surface area contributed by atoms with E-state index in [0.29, 0.717) is 12.6 Å². The molecular formula is C16H32IN5O. The summed E-state index contributed by atoms with van der Waals surface area (Å²) in [6, 6.07) is 0.660. The van der Waals surface area contributed by atoms with Gasteiger partial charge in [-0.2, -0.15) is 0 Å². The van der Waals surface area contributed by atoms with E-state index in [1.165, 1.54) is 32.4 Å². The highest BCUT2D eigenvalue weighted by Gasteiger charge is 2.32. The van der Waals surface area contributed by atoms with Gasteiger partial charge in [0.2, 0.25) is 5.91 Å². The van der Waals surface area contributed by atoms with Crippen molar-refractivity contribution in [3.63, 3.8) is 0 Å². The van der Waals surface area contributed by atoms with Gasteiger partial charge in [-0.15, -0.1) is 24.0 Å². The van der Waals surface area contributed by atoms with Crippen molar-refractivity contribution in [2.24, 2.45) is 10.4 Å². The molecule has 1 atom stereocenters. The molecule has 7 heteroatoms. The molecular weight excluding hydrogens is 405 g/mol. The van der Waals surface area contributed by atoms with Crippen LogP contribution in [0.1, 0.15) is 33.1 Å². The average molecular weight is 437 g/mol. The Balaban J connectivity index is 0.00000264. The Bertz CT molecular complexity index is 421. The van der Waals surface area contributed by atoms with Crippen molar-refractivity contribution >= 4 is 35.8 Å². The Morgan fingerprint density at radius 3 is 2.48 bits per heavy atom. The Kier molecular flexibility index (Phi) is 8.06. The molecule has 2 aliphatic heterocycles. The normalized spacial score (nSPS) is 22.9. The van der Waals surface area contributed by atoms with Crippen LogP contribution in [0.25, 0.3) is 0 Å². The molecule has 0 bridgehead atoms. The first-order valence-corrected chi connectivity index (χ1v) is 8.40. The fraction of sp³-hybridized carbons (Fsp3) is 0.875. The van der Waals surface area contributed by atoms with E-state index < -0.39 is 5.41 Å². The molecule has 1 amide bonds. The lowest BCUT2D eigenvalue weighted by molar-refractivity contribution is -0.128. The summed E-state index contributed by atoms with van der Waals surface area (Å²) in [5, 5.41) is 6.10. The largest absolute Gasteiger partial charge is 0.359 e. The first kappa shape index (κ1) is 20.5. The summed E-state index contributed by atoms with van der Waals surface area (Å²) in [5.74, 6) is 0.963. The predicted molar refractivity (Wildman–Crippen MR) is 105 cm³/mol. The molecule has 6 nitrogen and oxygen atoms in total. The van der Waals surface area contributed by atoms with E-state index in [-0.39, 0.29) is 29.9 Å². The number of guanidine groups is 1. The second-order valence-electron chi connectivity index (χ2n) is 7.00. The van der Waals surface area contributed by atoms with Gasteiger partial charge in [0.05, 0.1) is 5.41 Å². The minimum atomic E-state index is -0.446. The van der Waals surface area contributed by atoms with E-state index >= 15 is 0 Å². The standard InChI is InChI=1S/C16H31N5O.HI/c1-16(2,14(22)17-3)12-19-15(18-4)21-10-7-13(11-21)20-8-5-6-9-20;/h13H,5-12H2,1-4H3,(H,17,22)(H,18,19);1H. The molecule has 0 radical (unpaired) electrons. The predicted octanol–water partition coefficient (Wildman–Crippen LogP) is 1.12. The molecule has 0 saturated carbocycles. The van der Waals surface area contributed by atoms with Crippen LogP contribution >= 0.6 is 24.0 Å². The number of amides is 1. The highest BCUT2D eigenvalue weighted by atomic mass is 127. The van der Waals surface area contributed by atoms with Crippen LogP contribution in [0.15, 0.2) is 4.99 Å². The minimum Gasteiger partial charge on any atom is -0.359 e. The third-order valence-electron chi connectivity index (χ3n) is 4.86. The zero-order chi connectivity index (χ0) is 16.2. The number of carbonyl (C=O) groups excluding carboxylic acids is 1. The highest BCUT2D eigenvalue weighted by molar-refractivity contribution is 14.0. The van der Waals surface area contributed by atoms with E-state index in [0.717, 1.165) is 19.0 Å². The van der Waals surface area contributed by atoms with Gasteiger partial charge in [0.15, 0.2) is 5.96 Å². The van der Waals surface area contributed by atoms with Gasteiger partial charge < -0.3 is 15.5 Å². The molecule has 2 N–H and O–H groups in total. The van der Waals surface area contributed by atoms with E-state index in [4.69, 9.17) is 0 Å². The maximum Gasteiger partial charge on any atom is 0.227 e. The van der Waals surface area contributed by atoms with Crippen LogP contribution in [0.2, 0.25) is 0 Å². The van der Waals surface area contributed by atoms with Crippen molar-refractivity contribution in [3.8, 4) is 0 Å². The van der Waals surface area contributed by atoms with Gasteiger partial charge >= 0.3 is 0 Å². The van der Waals surface area contributed by atoms with Gasteiger partial charge in [0.25, 0.3) is 0 Å². The first-order chi connectivity index (χ1) is 10.5. The highest BCUT2D eigenvalue weighted by Crippen LogP contribution is 2.21. The summed E-state index contributed by atoms with van der Waals surface area (Å²) in [6.45, 7) is 9.06. The van der Waals surface area contributed by atoms with Crippen LogP contribution in [0.3, 0.4) is 0 Å². The van der Waals surface area contributed by atoms with Gasteiger partial charge in [-0.3, -0.25) is 14.7 Å². The number of hydrogen-bond donors (Lipinski definition) is 2. The third-order valence-corrected chi connectivity index (χ3v) is 4.86. The number of nitrogens with one attached hydrogen (secondary N) is 2. The van der Waals surface area contributed by atoms with E-state index in [2.05, 4.69) is 25.4 Å². The second-order valence-corrected chi connectivity index (χ2v) is 7.00. The molecule has 1 unspecified atom stereocenters. The number of rotatable bonds is 4. The summed E-state index contributed by atoms with van der Waals surface area (Å²) >= 11 is 0. The number of likely N-dealkylation sites (tertiary alicyclic amines) is 2. The average Bonchev–Trinajstić information content (AvgIpc) is 3.17. The fourth-order valence-corrected chi connectivity index (χ4v) is 3.39. The third kappa shape index (κ3) is 5.20. The van der Waals surface area contributed by atoms with Crippen molar-refractivity contribution in [3.05, 3.63) is 0 Å². The summed E-state index contributed by atoms with van der Waals surface area (Å²) in [7, 11) is 3.50. The van der Waals surface area contributed by atoms with E-state index in [1.54, 1.807) is 7.05 Å². The zero-order valence-electron chi connectivity index (χ0n) is 14.9. The molecule has 2 rings (SSSR count). The fourth-order valence-electron chi connectivity index (χ4n) is 3.39. The number of carbonyl (C=O) groups is 1. The molecule has 23 heavy (non-hydrogen) atoms. The van der Waals surface area contributed by atoms with Gasteiger partial charge in [-0.1, -0.05) is 0 Å². The smallest absolute Gasteiger partial charge is 0.227 e. The molecule has 134 valence electrons. The Labute approximate surface area is 157 Å². The zero-order valence-corrected chi connectivity index (χ0v) is 17.2. The second kappa shape index (κ2) is 9.05. The lowest BCUT2D eigenvalue weighted by Gasteiger charge is -2.28. The molecule has 2 heterocycles. The van der Waals surface area contributed by atoms with Gasteiger partial charge in [0.1, 0.15) is 0 Å². The van der Waals surface area contributed by atoms with Crippen molar-refractivity contribution in [2.75, 3.05) is 46.8 Å². The van der Waals surface area contributed by atoms with Crippen LogP contribution in [0.5, 0.6) is 0 Å². The van der Waals surface area contributed by atoms with Crippen LogP contribution in [-0.4, -0.2) is 74.5 Å².